The molecule has 1 aromatic carbocycles. The van der Waals surface area contributed by atoms with Crippen molar-refractivity contribution in [2.75, 3.05) is 11.9 Å². The molecule has 136 valence electrons. The molecule has 0 radical (unpaired) electrons. The van der Waals surface area contributed by atoms with E-state index in [2.05, 4.69) is 28.4 Å². The number of nitrogens with one attached hydrogen (secondary N) is 1. The molecule has 1 unspecified atom stereocenters. The smallest absolute Gasteiger partial charge is 0.275 e. The second-order valence-electron chi connectivity index (χ2n) is 6.83. The van der Waals surface area contributed by atoms with Crippen LogP contribution < -0.4 is 10.9 Å². The van der Waals surface area contributed by atoms with Crippen LogP contribution in [-0.2, 0) is 18.4 Å². The first-order valence-corrected chi connectivity index (χ1v) is 9.85. The fourth-order valence-electron chi connectivity index (χ4n) is 3.62. The van der Waals surface area contributed by atoms with Crippen molar-refractivity contribution in [3.63, 3.8) is 0 Å². The molecule has 1 aliphatic rings. The van der Waals surface area contributed by atoms with Crippen LogP contribution in [0.2, 0.25) is 0 Å². The number of aryl methyl sites for hydroxylation is 2. The molecule has 0 saturated heterocycles. The Labute approximate surface area is 155 Å². The van der Waals surface area contributed by atoms with Gasteiger partial charge in [0, 0.05) is 11.8 Å². The minimum atomic E-state index is -0.918. The molecule has 0 saturated carbocycles. The van der Waals surface area contributed by atoms with E-state index >= 15 is 0 Å². The van der Waals surface area contributed by atoms with Crippen LogP contribution in [-0.4, -0.2) is 26.2 Å². The molecule has 2 N–H and O–H groups in total. The first-order valence-electron chi connectivity index (χ1n) is 9.03. The summed E-state index contributed by atoms with van der Waals surface area (Å²) in [5.41, 5.74) is 1.91. The molecule has 6 nitrogen and oxygen atoms in total. The summed E-state index contributed by atoms with van der Waals surface area (Å²) >= 11 is 1.34. The Morgan fingerprint density at radius 1 is 1.38 bits per heavy atom. The van der Waals surface area contributed by atoms with Crippen molar-refractivity contribution in [2.24, 2.45) is 0 Å². The van der Waals surface area contributed by atoms with Crippen molar-refractivity contribution in [3.8, 4) is 0 Å². The summed E-state index contributed by atoms with van der Waals surface area (Å²) in [6.07, 6.45) is 4.39. The Balaban J connectivity index is 1.59. The number of benzene rings is 1. The van der Waals surface area contributed by atoms with Crippen molar-refractivity contribution >= 4 is 21.4 Å². The van der Waals surface area contributed by atoms with E-state index in [1.807, 2.05) is 18.2 Å². The zero-order valence-electron chi connectivity index (χ0n) is 14.7. The number of anilines is 1. The first kappa shape index (κ1) is 17.2. The summed E-state index contributed by atoms with van der Waals surface area (Å²) in [5, 5.41) is 19.3. The lowest BCUT2D eigenvalue weighted by Gasteiger charge is -2.34. The third-order valence-electron chi connectivity index (χ3n) is 4.89. The zero-order chi connectivity index (χ0) is 18.1. The molecule has 0 aliphatic heterocycles. The molecule has 0 spiro atoms. The van der Waals surface area contributed by atoms with Gasteiger partial charge in [-0.1, -0.05) is 48.9 Å². The van der Waals surface area contributed by atoms with Gasteiger partial charge in [0.1, 0.15) is 5.60 Å². The van der Waals surface area contributed by atoms with E-state index in [-0.39, 0.29) is 5.56 Å². The average molecular weight is 370 g/mol. The van der Waals surface area contributed by atoms with Crippen LogP contribution in [0.3, 0.4) is 0 Å². The molecule has 0 amide bonds. The van der Waals surface area contributed by atoms with E-state index in [0.717, 1.165) is 36.9 Å². The maximum absolute atomic E-state index is 12.2. The Morgan fingerprint density at radius 2 is 2.23 bits per heavy atom. The van der Waals surface area contributed by atoms with Crippen LogP contribution in [0.4, 0.5) is 5.13 Å². The normalized spacial score (nSPS) is 19.5. The maximum Gasteiger partial charge on any atom is 0.275 e. The van der Waals surface area contributed by atoms with Gasteiger partial charge < -0.3 is 10.4 Å². The molecular weight excluding hydrogens is 348 g/mol. The number of hydrogen-bond donors (Lipinski definition) is 2. The highest BCUT2D eigenvalue weighted by Crippen LogP contribution is 2.35. The van der Waals surface area contributed by atoms with E-state index in [1.165, 1.54) is 21.4 Å². The summed E-state index contributed by atoms with van der Waals surface area (Å²) in [7, 11) is 0. The molecule has 4 rings (SSSR count). The van der Waals surface area contributed by atoms with E-state index < -0.39 is 5.60 Å². The van der Waals surface area contributed by atoms with Gasteiger partial charge >= 0.3 is 0 Å². The molecule has 2 heterocycles. The van der Waals surface area contributed by atoms with Crippen molar-refractivity contribution in [2.45, 2.75) is 44.6 Å². The molecule has 2 aromatic heterocycles. The van der Waals surface area contributed by atoms with Crippen LogP contribution in [0.15, 0.2) is 35.1 Å². The summed E-state index contributed by atoms with van der Waals surface area (Å²) in [4.78, 5) is 17.3. The van der Waals surface area contributed by atoms with Crippen LogP contribution in [0.1, 0.15) is 43.0 Å². The maximum atomic E-state index is 12.2. The van der Waals surface area contributed by atoms with Gasteiger partial charge in [-0.3, -0.25) is 4.79 Å². The Bertz CT molecular complexity index is 997. The standard InChI is InChI=1S/C19H22N4O2S/c1-2-6-14-11-16(24)23-18(21-14)26-17(22-23)20-12-19(25)10-5-8-13-7-3-4-9-15(13)19/h3-4,7,9,11,25H,2,5-6,8,10,12H2,1H3,(H,20,22). The summed E-state index contributed by atoms with van der Waals surface area (Å²) in [6, 6.07) is 9.60. The van der Waals surface area contributed by atoms with Crippen LogP contribution >= 0.6 is 11.3 Å². The van der Waals surface area contributed by atoms with E-state index in [0.29, 0.717) is 23.1 Å². The van der Waals surface area contributed by atoms with Crippen LogP contribution in [0, 0.1) is 0 Å². The van der Waals surface area contributed by atoms with Gasteiger partial charge in [-0.15, -0.1) is 5.10 Å². The van der Waals surface area contributed by atoms with Gasteiger partial charge in [0.25, 0.3) is 5.56 Å². The summed E-state index contributed by atoms with van der Waals surface area (Å²) < 4.78 is 1.32. The SMILES string of the molecule is CCCc1cc(=O)n2nc(NCC3(O)CCCc4ccccc43)sc2n1. The van der Waals surface area contributed by atoms with Gasteiger partial charge in [0.05, 0.1) is 6.54 Å². The van der Waals surface area contributed by atoms with Crippen molar-refractivity contribution in [1.29, 1.82) is 0 Å². The number of rotatable bonds is 5. The Hall–Kier alpha value is -2.25. The molecule has 1 atom stereocenters. The monoisotopic (exact) mass is 370 g/mol. The molecule has 3 aromatic rings. The highest BCUT2D eigenvalue weighted by Gasteiger charge is 2.34. The van der Waals surface area contributed by atoms with E-state index in [9.17, 15) is 9.90 Å². The third-order valence-corrected chi connectivity index (χ3v) is 5.76. The molecule has 26 heavy (non-hydrogen) atoms. The Kier molecular flexibility index (Phi) is 4.50. The number of nitrogens with zero attached hydrogens (tertiary/aromatic N) is 3. The quantitative estimate of drug-likeness (QED) is 0.722. The Morgan fingerprint density at radius 3 is 3.08 bits per heavy atom. The minimum absolute atomic E-state index is 0.163. The first-order chi connectivity index (χ1) is 12.6. The molecule has 7 heteroatoms. The zero-order valence-corrected chi connectivity index (χ0v) is 15.6. The summed E-state index contributed by atoms with van der Waals surface area (Å²) in [5.74, 6) is 0. The predicted octanol–water partition coefficient (Wildman–Crippen LogP) is 2.74. The second kappa shape index (κ2) is 6.81. The molecule has 0 bridgehead atoms. The summed E-state index contributed by atoms with van der Waals surface area (Å²) in [6.45, 7) is 2.42. The number of hydrogen-bond acceptors (Lipinski definition) is 6. The average Bonchev–Trinajstić information content (AvgIpc) is 3.05. The second-order valence-corrected chi connectivity index (χ2v) is 7.79. The van der Waals surface area contributed by atoms with Gasteiger partial charge in [-0.05, 0) is 36.8 Å². The predicted molar refractivity (Wildman–Crippen MR) is 103 cm³/mol. The van der Waals surface area contributed by atoms with Crippen molar-refractivity contribution in [1.82, 2.24) is 14.6 Å². The van der Waals surface area contributed by atoms with Crippen molar-refractivity contribution < 1.29 is 5.11 Å². The molecule has 1 aliphatic carbocycles. The van der Waals surface area contributed by atoms with Gasteiger partial charge in [-0.25, -0.2) is 4.98 Å². The fourth-order valence-corrected chi connectivity index (χ4v) is 4.44. The van der Waals surface area contributed by atoms with Crippen LogP contribution in [0.5, 0.6) is 0 Å². The molecule has 0 fully saturated rings. The van der Waals surface area contributed by atoms with E-state index in [4.69, 9.17) is 0 Å². The van der Waals surface area contributed by atoms with Crippen molar-refractivity contribution in [3.05, 3.63) is 57.5 Å². The van der Waals surface area contributed by atoms with Gasteiger partial charge in [0.2, 0.25) is 10.1 Å². The fraction of sp³-hybridized carbons (Fsp3) is 0.421. The van der Waals surface area contributed by atoms with Gasteiger partial charge in [-0.2, -0.15) is 4.52 Å². The highest BCUT2D eigenvalue weighted by atomic mass is 32.1. The topological polar surface area (TPSA) is 79.5 Å². The highest BCUT2D eigenvalue weighted by molar-refractivity contribution is 7.20. The lowest BCUT2D eigenvalue weighted by molar-refractivity contribution is 0.0323. The minimum Gasteiger partial charge on any atom is -0.383 e. The van der Waals surface area contributed by atoms with Gasteiger partial charge in [0.15, 0.2) is 0 Å². The lowest BCUT2D eigenvalue weighted by Crippen LogP contribution is -2.37. The lowest BCUT2D eigenvalue weighted by atomic mass is 9.79. The number of aliphatic hydroxyl groups is 1. The van der Waals surface area contributed by atoms with E-state index in [1.54, 1.807) is 6.07 Å². The van der Waals surface area contributed by atoms with Crippen LogP contribution in [0.25, 0.3) is 4.96 Å². The largest absolute Gasteiger partial charge is 0.383 e. The molecular formula is C19H22N4O2S. The number of fused-ring (bicyclic) bond motifs is 2. The third kappa shape index (κ3) is 3.12. The number of aromatic nitrogens is 3.